The number of carbonyl (C=O) groups excluding carboxylic acids is 2. The molecule has 0 unspecified atom stereocenters. The van der Waals surface area contributed by atoms with Gasteiger partial charge in [0.15, 0.2) is 0 Å². The molecule has 2 amide bonds. The number of carboxylic acid groups (broad SMARTS) is 1. The highest BCUT2D eigenvalue weighted by Crippen LogP contribution is 2.29. The third-order valence-electron chi connectivity index (χ3n) is 6.31. The Bertz CT molecular complexity index is 1450. The molecular weight excluding hydrogens is 492 g/mol. The maximum atomic E-state index is 13.8. The van der Waals surface area contributed by atoms with Gasteiger partial charge in [-0.2, -0.15) is 0 Å². The van der Waals surface area contributed by atoms with Crippen molar-refractivity contribution in [3.8, 4) is 16.9 Å². The number of aliphatic carboxylic acids is 1. The van der Waals surface area contributed by atoms with Crippen LogP contribution in [-0.2, 0) is 17.9 Å². The number of amides is 2. The van der Waals surface area contributed by atoms with Gasteiger partial charge in [-0.05, 0) is 46.5 Å². The number of hydrogen-bond acceptors (Lipinski definition) is 4. The van der Waals surface area contributed by atoms with Gasteiger partial charge >= 0.3 is 5.97 Å². The molecule has 0 fully saturated rings. The molecule has 0 saturated heterocycles. The fourth-order valence-corrected chi connectivity index (χ4v) is 4.34. The van der Waals surface area contributed by atoms with E-state index < -0.39 is 5.97 Å². The minimum absolute atomic E-state index is 0.0556. The zero-order valence-electron chi connectivity index (χ0n) is 21.7. The molecule has 7 heteroatoms. The van der Waals surface area contributed by atoms with Crippen LogP contribution in [0, 0.1) is 0 Å². The first-order valence-corrected chi connectivity index (χ1v) is 12.6. The molecule has 0 spiro atoms. The highest BCUT2D eigenvalue weighted by atomic mass is 16.5. The highest BCUT2D eigenvalue weighted by molar-refractivity contribution is 6.06. The number of benzene rings is 4. The third kappa shape index (κ3) is 7.11. The van der Waals surface area contributed by atoms with E-state index in [0.717, 1.165) is 11.1 Å². The smallest absolute Gasteiger partial charge is 0.305 e. The third-order valence-corrected chi connectivity index (χ3v) is 6.31. The summed E-state index contributed by atoms with van der Waals surface area (Å²) in [4.78, 5) is 40.0. The minimum Gasteiger partial charge on any atom is -0.497 e. The van der Waals surface area contributed by atoms with Crippen LogP contribution in [0.5, 0.6) is 5.75 Å². The zero-order chi connectivity index (χ0) is 27.6. The number of nitrogens with zero attached hydrogens (tertiary/aromatic N) is 1. The number of nitrogens with one attached hydrogen (secondary N) is 1. The van der Waals surface area contributed by atoms with Gasteiger partial charge in [0.1, 0.15) is 5.75 Å². The van der Waals surface area contributed by atoms with Crippen molar-refractivity contribution >= 4 is 17.8 Å². The molecule has 0 aliphatic heterocycles. The molecule has 4 rings (SSSR count). The lowest BCUT2D eigenvalue weighted by Crippen LogP contribution is -2.33. The summed E-state index contributed by atoms with van der Waals surface area (Å²) in [5, 5.41) is 12.2. The number of carboxylic acids is 1. The highest BCUT2D eigenvalue weighted by Gasteiger charge is 2.23. The zero-order valence-corrected chi connectivity index (χ0v) is 21.7. The predicted octanol–water partition coefficient (Wildman–Crippen LogP) is 5.41. The van der Waals surface area contributed by atoms with Gasteiger partial charge in [0, 0.05) is 30.8 Å². The molecule has 2 N–H and O–H groups in total. The van der Waals surface area contributed by atoms with Crippen LogP contribution in [0.25, 0.3) is 11.1 Å². The topological polar surface area (TPSA) is 95.9 Å². The summed E-state index contributed by atoms with van der Waals surface area (Å²) in [6.45, 7) is 0.634. The second-order valence-electron chi connectivity index (χ2n) is 8.98. The fourth-order valence-electron chi connectivity index (χ4n) is 4.34. The van der Waals surface area contributed by atoms with Crippen molar-refractivity contribution in [1.29, 1.82) is 0 Å². The molecule has 0 aliphatic carbocycles. The summed E-state index contributed by atoms with van der Waals surface area (Å²) < 4.78 is 5.26. The first-order chi connectivity index (χ1) is 19.0. The Morgan fingerprint density at radius 3 is 2.08 bits per heavy atom. The normalized spacial score (nSPS) is 10.5. The van der Waals surface area contributed by atoms with E-state index in [1.807, 2.05) is 72.8 Å². The standard InChI is InChI=1S/C32H30N2O5/c1-39-25-13-9-12-24(20-25)21-33-31(37)28-16-7-5-14-26(28)27-15-6-8-17-29(27)32(38)34(19-18-30(35)36)22-23-10-3-2-4-11-23/h2-17,20H,18-19,21-22H2,1H3,(H,33,37)(H,35,36). The van der Waals surface area contributed by atoms with E-state index in [2.05, 4.69) is 5.32 Å². The number of methoxy groups -OCH3 is 1. The van der Waals surface area contributed by atoms with Crippen LogP contribution < -0.4 is 10.1 Å². The number of ether oxygens (including phenoxy) is 1. The van der Waals surface area contributed by atoms with Crippen LogP contribution >= 0.6 is 0 Å². The SMILES string of the molecule is COc1cccc(CNC(=O)c2ccccc2-c2ccccc2C(=O)N(CCC(=O)O)Cc2ccccc2)c1. The van der Waals surface area contributed by atoms with Gasteiger partial charge < -0.3 is 20.1 Å². The first kappa shape index (κ1) is 27.1. The maximum absolute atomic E-state index is 13.8. The van der Waals surface area contributed by atoms with Crippen molar-refractivity contribution in [1.82, 2.24) is 10.2 Å². The molecular formula is C32H30N2O5. The summed E-state index contributed by atoms with van der Waals surface area (Å²) in [5.74, 6) is -0.852. The molecule has 0 radical (unpaired) electrons. The van der Waals surface area contributed by atoms with Crippen LogP contribution in [0.2, 0.25) is 0 Å². The fraction of sp³-hybridized carbons (Fsp3) is 0.156. The molecule has 198 valence electrons. The Hall–Kier alpha value is -4.91. The van der Waals surface area contributed by atoms with Gasteiger partial charge in [-0.15, -0.1) is 0 Å². The lowest BCUT2D eigenvalue weighted by molar-refractivity contribution is -0.137. The maximum Gasteiger partial charge on any atom is 0.305 e. The monoisotopic (exact) mass is 522 g/mol. The van der Waals surface area contributed by atoms with Crippen molar-refractivity contribution < 1.29 is 24.2 Å². The van der Waals surface area contributed by atoms with Crippen LogP contribution in [0.3, 0.4) is 0 Å². The Labute approximate surface area is 227 Å². The van der Waals surface area contributed by atoms with Crippen LogP contribution in [-0.4, -0.2) is 41.4 Å². The molecule has 4 aromatic carbocycles. The van der Waals surface area contributed by atoms with Gasteiger partial charge in [-0.1, -0.05) is 78.9 Å². The molecule has 0 saturated carbocycles. The largest absolute Gasteiger partial charge is 0.497 e. The lowest BCUT2D eigenvalue weighted by atomic mass is 9.94. The van der Waals surface area contributed by atoms with Crippen LogP contribution in [0.1, 0.15) is 38.3 Å². The van der Waals surface area contributed by atoms with Gasteiger partial charge in [-0.3, -0.25) is 14.4 Å². The van der Waals surface area contributed by atoms with E-state index in [1.54, 1.807) is 37.4 Å². The summed E-state index contributed by atoms with van der Waals surface area (Å²) in [5.41, 5.74) is 3.83. The van der Waals surface area contributed by atoms with Gasteiger partial charge in [0.05, 0.1) is 13.5 Å². The van der Waals surface area contributed by atoms with Crippen molar-refractivity contribution in [3.05, 3.63) is 125 Å². The molecule has 4 aromatic rings. The molecule has 39 heavy (non-hydrogen) atoms. The average Bonchev–Trinajstić information content (AvgIpc) is 2.98. The second-order valence-corrected chi connectivity index (χ2v) is 8.98. The summed E-state index contributed by atoms with van der Waals surface area (Å²) in [6.07, 6.45) is -0.177. The van der Waals surface area contributed by atoms with E-state index in [0.29, 0.717) is 34.5 Å². The molecule has 0 atom stereocenters. The lowest BCUT2D eigenvalue weighted by Gasteiger charge is -2.24. The Morgan fingerprint density at radius 2 is 1.38 bits per heavy atom. The summed E-state index contributed by atoms with van der Waals surface area (Å²) >= 11 is 0. The van der Waals surface area contributed by atoms with Crippen molar-refractivity contribution in [3.63, 3.8) is 0 Å². The number of carbonyl (C=O) groups is 3. The van der Waals surface area contributed by atoms with Gasteiger partial charge in [-0.25, -0.2) is 0 Å². The molecule has 0 bridgehead atoms. The average molecular weight is 523 g/mol. The Morgan fingerprint density at radius 1 is 0.769 bits per heavy atom. The summed E-state index contributed by atoms with van der Waals surface area (Å²) in [7, 11) is 1.59. The number of hydrogen-bond donors (Lipinski definition) is 2. The molecule has 0 heterocycles. The second kappa shape index (κ2) is 13.1. The predicted molar refractivity (Wildman–Crippen MR) is 149 cm³/mol. The van der Waals surface area contributed by atoms with Crippen LogP contribution in [0.15, 0.2) is 103 Å². The van der Waals surface area contributed by atoms with E-state index in [-0.39, 0.29) is 31.3 Å². The Balaban J connectivity index is 1.63. The molecule has 0 aliphatic rings. The summed E-state index contributed by atoms with van der Waals surface area (Å²) in [6, 6.07) is 31.1. The first-order valence-electron chi connectivity index (χ1n) is 12.6. The quantitative estimate of drug-likeness (QED) is 0.275. The van der Waals surface area contributed by atoms with E-state index in [9.17, 15) is 19.5 Å². The van der Waals surface area contributed by atoms with E-state index in [4.69, 9.17) is 4.74 Å². The molecule has 7 nitrogen and oxygen atoms in total. The van der Waals surface area contributed by atoms with Crippen molar-refractivity contribution in [2.75, 3.05) is 13.7 Å². The van der Waals surface area contributed by atoms with Crippen LogP contribution in [0.4, 0.5) is 0 Å². The van der Waals surface area contributed by atoms with Crippen molar-refractivity contribution in [2.45, 2.75) is 19.5 Å². The minimum atomic E-state index is -0.979. The van der Waals surface area contributed by atoms with Crippen molar-refractivity contribution in [2.24, 2.45) is 0 Å². The van der Waals surface area contributed by atoms with Gasteiger partial charge in [0.2, 0.25) is 0 Å². The number of rotatable bonds is 11. The molecule has 0 aromatic heterocycles. The van der Waals surface area contributed by atoms with Gasteiger partial charge in [0.25, 0.3) is 11.8 Å². The Kier molecular flexibility index (Phi) is 9.08. The van der Waals surface area contributed by atoms with E-state index >= 15 is 0 Å². The van der Waals surface area contributed by atoms with E-state index in [1.165, 1.54) is 4.90 Å².